The summed E-state index contributed by atoms with van der Waals surface area (Å²) in [5, 5.41) is 88.4. The number of allylic oxidation sites excluding steroid dienone is 1. The molecule has 9 aliphatic rings. The van der Waals surface area contributed by atoms with Gasteiger partial charge in [0.15, 0.2) is 30.8 Å². The SMILES string of the molecule is CC(C)=C[C@H]1C[C@](C)(O)[C@@H]2[C@H]3CC[C@@H]4[C@@]5(C)CC[C@H](O[C@@H]6OC[C@H](O)[C@H](O[C@@H]7O[C@H](CO)[C@@H](O)[C@H](O)[C@H]7OC(=O)/C=C/c7ccccc7)[C@H]6O[C@@H]6O[C@@H](CO)[C@H](O)[C@H]6O)C(C)(C)[C@@H]5CC[C@@]4(C)[C@@]34CO[C@@]2(C4)O1. The van der Waals surface area contributed by atoms with Crippen molar-refractivity contribution in [3.05, 3.63) is 53.6 Å². The van der Waals surface area contributed by atoms with Crippen LogP contribution in [-0.2, 0) is 47.4 Å². The number of carbonyl (C=O) groups excluding carboxylic acids is 1. The summed E-state index contributed by atoms with van der Waals surface area (Å²) in [7, 11) is 0. The molecule has 73 heavy (non-hydrogen) atoms. The van der Waals surface area contributed by atoms with Crippen LogP contribution in [0.4, 0.5) is 0 Å². The Hall–Kier alpha value is -2.47. The molecule has 18 nitrogen and oxygen atoms in total. The Morgan fingerprint density at radius 2 is 1.45 bits per heavy atom. The van der Waals surface area contributed by atoms with Gasteiger partial charge in [0.2, 0.25) is 0 Å². The first-order chi connectivity index (χ1) is 34.5. The normalized spacial score (nSPS) is 50.9. The van der Waals surface area contributed by atoms with Crippen LogP contribution >= 0.6 is 0 Å². The third kappa shape index (κ3) is 8.92. The third-order valence-electron chi connectivity index (χ3n) is 19.8. The van der Waals surface area contributed by atoms with Gasteiger partial charge in [-0.3, -0.25) is 0 Å². The minimum absolute atomic E-state index is 0.0906. The monoisotopic (exact) mass is 1030 g/mol. The topological polar surface area (TPSA) is 262 Å². The zero-order chi connectivity index (χ0) is 52.2. The molecule has 5 saturated heterocycles. The lowest BCUT2D eigenvalue weighted by atomic mass is 9.35. The molecule has 5 heterocycles. The Bertz CT molecular complexity index is 2200. The standard InChI is InChI=1S/C55H80O18/c1-28(2)21-30-22-53(7,64)46-31-14-15-36-51(5)19-18-37(50(3,4)35(51)17-20-52(36,6)54(31)26-55(46,73-30)66-27-54)69-48-45(72-47-42(63)40(61)34(24-57)67-47)43(32(58)25-65-48)71-49-44(41(62)39(60)33(23-56)68-49)70-38(59)16-13-29-11-9-8-10-12-29/h8-13,16,21,30-37,39-49,56-58,60-64H,14-15,17-20,22-27H2,1-7H3/b16-13+/t30-,31+,32-,33+,34-,35-,36+,37-,39+,40-,41-,42+,43-,44+,45+,46-,47-,48-,49-,51-,52+,53-,54-,55-/m0/s1. The fourth-order valence-corrected chi connectivity index (χ4v) is 16.6. The van der Waals surface area contributed by atoms with Gasteiger partial charge in [-0.25, -0.2) is 4.79 Å². The van der Waals surface area contributed by atoms with E-state index in [4.69, 9.17) is 42.6 Å². The number of aliphatic hydroxyl groups excluding tert-OH is 7. The molecule has 24 atom stereocenters. The molecule has 0 amide bonds. The van der Waals surface area contributed by atoms with E-state index >= 15 is 0 Å². The Kier molecular flexibility index (Phi) is 14.6. The van der Waals surface area contributed by atoms with Crippen LogP contribution in [0.5, 0.6) is 0 Å². The maximum atomic E-state index is 13.3. The second-order valence-corrected chi connectivity index (χ2v) is 24.6. The van der Waals surface area contributed by atoms with E-state index in [0.29, 0.717) is 30.9 Å². The maximum absolute atomic E-state index is 13.3. The Morgan fingerprint density at radius 1 is 0.767 bits per heavy atom. The van der Waals surface area contributed by atoms with Gasteiger partial charge in [0, 0.05) is 30.3 Å². The average Bonchev–Trinajstić information content (AvgIpc) is 3.96. The Labute approximate surface area is 427 Å². The van der Waals surface area contributed by atoms with Crippen LogP contribution in [0, 0.1) is 45.3 Å². The lowest BCUT2D eigenvalue weighted by Gasteiger charge is -2.70. The summed E-state index contributed by atoms with van der Waals surface area (Å²) in [6, 6.07) is 8.95. The van der Waals surface area contributed by atoms with Gasteiger partial charge in [-0.15, -0.1) is 0 Å². The van der Waals surface area contributed by atoms with E-state index in [9.17, 15) is 45.6 Å². The number of hydrogen-bond donors (Lipinski definition) is 8. The van der Waals surface area contributed by atoms with Crippen LogP contribution in [0.1, 0.15) is 105 Å². The molecule has 1 aromatic rings. The zero-order valence-corrected chi connectivity index (χ0v) is 43.2. The first kappa shape index (κ1) is 53.9. The van der Waals surface area contributed by atoms with Gasteiger partial charge in [-0.2, -0.15) is 0 Å². The van der Waals surface area contributed by atoms with E-state index in [1.807, 2.05) is 13.0 Å². The van der Waals surface area contributed by atoms with Gasteiger partial charge >= 0.3 is 5.97 Å². The highest BCUT2D eigenvalue weighted by Crippen LogP contribution is 2.80. The molecular weight excluding hydrogens is 949 g/mol. The molecule has 0 aromatic heterocycles. The summed E-state index contributed by atoms with van der Waals surface area (Å²) in [4.78, 5) is 13.3. The lowest BCUT2D eigenvalue weighted by molar-refractivity contribution is -0.375. The van der Waals surface area contributed by atoms with Crippen molar-refractivity contribution >= 4 is 12.0 Å². The molecule has 5 aliphatic heterocycles. The van der Waals surface area contributed by atoms with E-state index in [1.165, 1.54) is 6.08 Å². The molecule has 8 N–H and O–H groups in total. The van der Waals surface area contributed by atoms with Gasteiger partial charge in [0.1, 0.15) is 54.9 Å². The molecule has 18 heteroatoms. The van der Waals surface area contributed by atoms with Crippen LogP contribution in [0.25, 0.3) is 6.08 Å². The van der Waals surface area contributed by atoms with Gasteiger partial charge in [0.05, 0.1) is 44.2 Å². The predicted molar refractivity (Wildman–Crippen MR) is 258 cm³/mol. The number of hydrogen-bond acceptors (Lipinski definition) is 18. The lowest BCUT2D eigenvalue weighted by Crippen LogP contribution is -2.67. The number of benzene rings is 1. The number of aliphatic hydroxyl groups is 8. The highest BCUT2D eigenvalue weighted by molar-refractivity contribution is 5.87. The summed E-state index contributed by atoms with van der Waals surface area (Å²) in [5.41, 5.74) is 0.0780. The summed E-state index contributed by atoms with van der Waals surface area (Å²) in [5.74, 6) is -1.06. The molecule has 0 unspecified atom stereocenters. The number of carbonyl (C=O) groups is 1. The quantitative estimate of drug-likeness (QED) is 0.0648. The molecule has 10 rings (SSSR count). The van der Waals surface area contributed by atoms with Crippen molar-refractivity contribution in [2.24, 2.45) is 45.3 Å². The largest absolute Gasteiger partial charge is 0.451 e. The highest BCUT2D eigenvalue weighted by atomic mass is 16.8. The van der Waals surface area contributed by atoms with Crippen LogP contribution in [0.3, 0.4) is 0 Å². The number of fused-ring (bicyclic) bond motifs is 4. The summed E-state index contributed by atoms with van der Waals surface area (Å²) >= 11 is 0. The molecule has 2 spiro atoms. The fraction of sp³-hybridized carbons (Fsp3) is 0.800. The van der Waals surface area contributed by atoms with E-state index < -0.39 is 122 Å². The van der Waals surface area contributed by atoms with Crippen LogP contribution in [0.2, 0.25) is 0 Å². The molecule has 0 radical (unpaired) electrons. The molecule has 1 aromatic carbocycles. The van der Waals surface area contributed by atoms with Gasteiger partial charge < -0.3 is 83.5 Å². The second kappa shape index (κ2) is 19.8. The van der Waals surface area contributed by atoms with Crippen molar-refractivity contribution in [2.75, 3.05) is 26.4 Å². The Balaban J connectivity index is 0.908. The van der Waals surface area contributed by atoms with Gasteiger partial charge in [-0.05, 0) is 105 Å². The second-order valence-electron chi connectivity index (χ2n) is 24.6. The minimum atomic E-state index is -1.82. The van der Waals surface area contributed by atoms with E-state index in [-0.39, 0.29) is 46.7 Å². The Morgan fingerprint density at radius 3 is 2.15 bits per heavy atom. The third-order valence-corrected chi connectivity index (χ3v) is 19.8. The fourth-order valence-electron chi connectivity index (χ4n) is 16.6. The van der Waals surface area contributed by atoms with Crippen LogP contribution in [-0.4, -0.2) is 177 Å². The number of ether oxygens (including phenoxy) is 9. The van der Waals surface area contributed by atoms with E-state index in [0.717, 1.165) is 50.2 Å². The molecule has 4 aliphatic carbocycles. The van der Waals surface area contributed by atoms with Crippen LogP contribution in [0.15, 0.2) is 48.1 Å². The van der Waals surface area contributed by atoms with Crippen molar-refractivity contribution in [3.8, 4) is 0 Å². The molecule has 4 saturated carbocycles. The molecule has 9 fully saturated rings. The average molecular weight is 1030 g/mol. The minimum Gasteiger partial charge on any atom is -0.451 e. The van der Waals surface area contributed by atoms with Crippen molar-refractivity contribution in [2.45, 2.75) is 203 Å². The van der Waals surface area contributed by atoms with Crippen molar-refractivity contribution < 1.29 is 88.3 Å². The summed E-state index contributed by atoms with van der Waals surface area (Å²) in [6.07, 6.45) is -9.25. The van der Waals surface area contributed by atoms with E-state index in [2.05, 4.69) is 47.6 Å². The molecule has 2 bridgehead atoms. The molecular formula is C55H80O18. The first-order valence-corrected chi connectivity index (χ1v) is 26.7. The van der Waals surface area contributed by atoms with Crippen LogP contribution < -0.4 is 0 Å². The molecule has 408 valence electrons. The summed E-state index contributed by atoms with van der Waals surface area (Å²) in [6.45, 7) is 14.4. The maximum Gasteiger partial charge on any atom is 0.331 e. The van der Waals surface area contributed by atoms with E-state index in [1.54, 1.807) is 24.3 Å². The zero-order valence-electron chi connectivity index (χ0n) is 43.2. The highest BCUT2D eigenvalue weighted by Gasteiger charge is 2.81. The van der Waals surface area contributed by atoms with Crippen molar-refractivity contribution in [1.29, 1.82) is 0 Å². The summed E-state index contributed by atoms with van der Waals surface area (Å²) < 4.78 is 57.5. The van der Waals surface area contributed by atoms with Gasteiger partial charge in [0.25, 0.3) is 0 Å². The first-order valence-electron chi connectivity index (χ1n) is 26.7. The van der Waals surface area contributed by atoms with Crippen molar-refractivity contribution in [3.63, 3.8) is 0 Å². The predicted octanol–water partition coefficient (Wildman–Crippen LogP) is 2.87. The van der Waals surface area contributed by atoms with Crippen molar-refractivity contribution in [1.82, 2.24) is 0 Å². The number of esters is 1. The smallest absolute Gasteiger partial charge is 0.331 e. The van der Waals surface area contributed by atoms with Gasteiger partial charge in [-0.1, -0.05) is 69.7 Å². The number of rotatable bonds is 12.